The molecule has 0 aliphatic heterocycles. The molecule has 1 N–H and O–H groups in total. The number of hydrogen-bond acceptors (Lipinski definition) is 2. The highest BCUT2D eigenvalue weighted by Gasteiger charge is 2.25. The lowest BCUT2D eigenvalue weighted by Gasteiger charge is -1.90. The number of allylic oxidation sites excluding steroid dienone is 1. The van der Waals surface area contributed by atoms with Gasteiger partial charge in [0.05, 0.1) is 12.5 Å². The summed E-state index contributed by atoms with van der Waals surface area (Å²) < 4.78 is 0. The zero-order chi connectivity index (χ0) is 8.27. The highest BCUT2D eigenvalue weighted by molar-refractivity contribution is 5.69. The van der Waals surface area contributed by atoms with E-state index in [4.69, 9.17) is 10.4 Å². The van der Waals surface area contributed by atoms with Crippen molar-refractivity contribution < 1.29 is 9.90 Å². The van der Waals surface area contributed by atoms with Crippen LogP contribution in [0.25, 0.3) is 0 Å². The number of nitriles is 1. The fourth-order valence-corrected chi connectivity index (χ4v) is 0.895. The van der Waals surface area contributed by atoms with Gasteiger partial charge in [-0.05, 0) is 18.8 Å². The molecule has 3 heteroatoms. The first kappa shape index (κ1) is 7.80. The van der Waals surface area contributed by atoms with Gasteiger partial charge in [0.1, 0.15) is 0 Å². The third kappa shape index (κ3) is 2.42. The minimum absolute atomic E-state index is 0.0284. The van der Waals surface area contributed by atoms with Crippen molar-refractivity contribution in [3.8, 4) is 6.07 Å². The van der Waals surface area contributed by atoms with Crippen LogP contribution < -0.4 is 0 Å². The molecule has 0 heterocycles. The number of rotatable bonds is 3. The topological polar surface area (TPSA) is 61.1 Å². The van der Waals surface area contributed by atoms with Gasteiger partial charge < -0.3 is 5.11 Å². The first-order chi connectivity index (χ1) is 5.24. The molecule has 0 aromatic carbocycles. The van der Waals surface area contributed by atoms with Crippen molar-refractivity contribution >= 4 is 5.97 Å². The van der Waals surface area contributed by atoms with Crippen LogP contribution in [0.2, 0.25) is 0 Å². The Labute approximate surface area is 64.9 Å². The first-order valence-corrected chi connectivity index (χ1v) is 3.56. The van der Waals surface area contributed by atoms with Crippen LogP contribution in [0.5, 0.6) is 0 Å². The van der Waals surface area contributed by atoms with Crippen LogP contribution in [-0.4, -0.2) is 11.1 Å². The second kappa shape index (κ2) is 3.20. The molecule has 0 radical (unpaired) electrons. The van der Waals surface area contributed by atoms with Crippen molar-refractivity contribution in [1.29, 1.82) is 5.26 Å². The molecule has 0 aromatic rings. The average molecular weight is 151 g/mol. The van der Waals surface area contributed by atoms with E-state index in [0.717, 1.165) is 12.8 Å². The van der Waals surface area contributed by atoms with E-state index in [1.54, 1.807) is 0 Å². The third-order valence-electron chi connectivity index (χ3n) is 1.64. The zero-order valence-corrected chi connectivity index (χ0v) is 6.08. The number of carboxylic acids is 1. The number of carboxylic acid groups (broad SMARTS) is 1. The molecule has 0 amide bonds. The summed E-state index contributed by atoms with van der Waals surface area (Å²) in [5.74, 6) is -0.516. The highest BCUT2D eigenvalue weighted by atomic mass is 16.4. The van der Waals surface area contributed by atoms with Crippen molar-refractivity contribution in [1.82, 2.24) is 0 Å². The molecule has 3 nitrogen and oxygen atoms in total. The fourth-order valence-electron chi connectivity index (χ4n) is 0.895. The number of nitrogens with zero attached hydrogens (tertiary/aromatic N) is 1. The smallest absolute Gasteiger partial charge is 0.307 e. The SMILES string of the molecule is N#C/C(=C\CC(=O)O)C1CC1. The third-order valence-corrected chi connectivity index (χ3v) is 1.64. The maximum absolute atomic E-state index is 10.1. The van der Waals surface area contributed by atoms with Gasteiger partial charge in [0.2, 0.25) is 0 Å². The van der Waals surface area contributed by atoms with Crippen LogP contribution in [0, 0.1) is 17.2 Å². The van der Waals surface area contributed by atoms with Crippen molar-refractivity contribution in [3.05, 3.63) is 11.6 Å². The van der Waals surface area contributed by atoms with E-state index in [-0.39, 0.29) is 6.42 Å². The Kier molecular flexibility index (Phi) is 2.27. The predicted octanol–water partition coefficient (Wildman–Crippen LogP) is 1.32. The van der Waals surface area contributed by atoms with Crippen molar-refractivity contribution in [2.24, 2.45) is 5.92 Å². The summed E-state index contributed by atoms with van der Waals surface area (Å²) in [6.45, 7) is 0. The molecular weight excluding hydrogens is 142 g/mol. The Hall–Kier alpha value is -1.30. The van der Waals surface area contributed by atoms with Crippen LogP contribution in [0.15, 0.2) is 11.6 Å². The van der Waals surface area contributed by atoms with Gasteiger partial charge in [-0.25, -0.2) is 0 Å². The van der Waals surface area contributed by atoms with Gasteiger partial charge in [0.25, 0.3) is 0 Å². The van der Waals surface area contributed by atoms with Crippen molar-refractivity contribution in [2.75, 3.05) is 0 Å². The molecule has 0 spiro atoms. The van der Waals surface area contributed by atoms with E-state index in [0.29, 0.717) is 11.5 Å². The second-order valence-corrected chi connectivity index (χ2v) is 2.64. The van der Waals surface area contributed by atoms with E-state index in [1.165, 1.54) is 6.08 Å². The van der Waals surface area contributed by atoms with Gasteiger partial charge in [-0.1, -0.05) is 6.08 Å². The molecule has 58 valence electrons. The van der Waals surface area contributed by atoms with E-state index >= 15 is 0 Å². The largest absolute Gasteiger partial charge is 0.481 e. The van der Waals surface area contributed by atoms with Gasteiger partial charge in [-0.2, -0.15) is 5.26 Å². The summed E-state index contributed by atoms with van der Waals surface area (Å²) in [6, 6.07) is 2.02. The Bertz CT molecular complexity index is 233. The minimum Gasteiger partial charge on any atom is -0.481 e. The van der Waals surface area contributed by atoms with Crippen LogP contribution in [0.3, 0.4) is 0 Å². The van der Waals surface area contributed by atoms with Gasteiger partial charge in [0.15, 0.2) is 0 Å². The lowest BCUT2D eigenvalue weighted by Crippen LogP contribution is -1.92. The summed E-state index contributed by atoms with van der Waals surface area (Å²) in [7, 11) is 0. The molecule has 0 unspecified atom stereocenters. The molecule has 0 bridgehead atoms. The molecule has 1 fully saturated rings. The number of carbonyl (C=O) groups is 1. The Morgan fingerprint density at radius 2 is 2.36 bits per heavy atom. The van der Waals surface area contributed by atoms with Gasteiger partial charge >= 0.3 is 5.97 Å². The average Bonchev–Trinajstić information content (AvgIpc) is 2.72. The van der Waals surface area contributed by atoms with E-state index in [1.807, 2.05) is 6.07 Å². The molecule has 1 rings (SSSR count). The minimum atomic E-state index is -0.876. The van der Waals surface area contributed by atoms with E-state index in [2.05, 4.69) is 0 Å². The van der Waals surface area contributed by atoms with E-state index < -0.39 is 5.97 Å². The molecule has 1 aliphatic carbocycles. The van der Waals surface area contributed by atoms with Crippen LogP contribution >= 0.6 is 0 Å². The molecule has 0 atom stereocenters. The predicted molar refractivity (Wildman–Crippen MR) is 38.7 cm³/mol. The zero-order valence-electron chi connectivity index (χ0n) is 6.08. The van der Waals surface area contributed by atoms with Gasteiger partial charge in [0, 0.05) is 5.57 Å². The molecular formula is C8H9NO2. The molecule has 0 aromatic heterocycles. The maximum atomic E-state index is 10.1. The van der Waals surface area contributed by atoms with Crippen molar-refractivity contribution in [3.63, 3.8) is 0 Å². The van der Waals surface area contributed by atoms with E-state index in [9.17, 15) is 4.79 Å². The molecule has 1 saturated carbocycles. The molecule has 1 aliphatic rings. The fraction of sp³-hybridized carbons (Fsp3) is 0.500. The summed E-state index contributed by atoms with van der Waals surface area (Å²) in [6.07, 6.45) is 3.57. The Morgan fingerprint density at radius 3 is 2.73 bits per heavy atom. The van der Waals surface area contributed by atoms with Crippen LogP contribution in [0.1, 0.15) is 19.3 Å². The molecule has 0 saturated heterocycles. The maximum Gasteiger partial charge on any atom is 0.307 e. The first-order valence-electron chi connectivity index (χ1n) is 3.56. The quantitative estimate of drug-likeness (QED) is 0.619. The van der Waals surface area contributed by atoms with Crippen LogP contribution in [-0.2, 0) is 4.79 Å². The summed E-state index contributed by atoms with van der Waals surface area (Å²) in [5, 5.41) is 16.8. The molecule has 11 heavy (non-hydrogen) atoms. The Morgan fingerprint density at radius 1 is 1.73 bits per heavy atom. The lowest BCUT2D eigenvalue weighted by molar-refractivity contribution is -0.136. The lowest BCUT2D eigenvalue weighted by atomic mass is 10.1. The second-order valence-electron chi connectivity index (χ2n) is 2.64. The van der Waals surface area contributed by atoms with Crippen molar-refractivity contribution in [2.45, 2.75) is 19.3 Å². The number of aliphatic carboxylic acids is 1. The van der Waals surface area contributed by atoms with Gasteiger partial charge in [-0.15, -0.1) is 0 Å². The normalized spacial score (nSPS) is 17.5. The van der Waals surface area contributed by atoms with Crippen LogP contribution in [0.4, 0.5) is 0 Å². The Balaban J connectivity index is 2.47. The summed E-state index contributed by atoms with van der Waals surface area (Å²) in [4.78, 5) is 10.1. The highest BCUT2D eigenvalue weighted by Crippen LogP contribution is 2.36. The standard InChI is InChI=1S/C8H9NO2/c9-5-7(6-1-2-6)3-4-8(10)11/h3,6H,1-2,4H2,(H,10,11)/b7-3+. The summed E-state index contributed by atoms with van der Waals surface area (Å²) >= 11 is 0. The number of hydrogen-bond donors (Lipinski definition) is 1. The summed E-state index contributed by atoms with van der Waals surface area (Å²) in [5.41, 5.74) is 0.646. The van der Waals surface area contributed by atoms with Gasteiger partial charge in [-0.3, -0.25) is 4.79 Å². The monoisotopic (exact) mass is 151 g/mol.